The van der Waals surface area contributed by atoms with Gasteiger partial charge in [-0.15, -0.1) is 11.3 Å². The van der Waals surface area contributed by atoms with Gasteiger partial charge in [-0.05, 0) is 31.4 Å². The van der Waals surface area contributed by atoms with Gasteiger partial charge in [0.25, 0.3) is 0 Å². The van der Waals surface area contributed by atoms with E-state index in [-0.39, 0.29) is 0 Å². The molecule has 1 rings (SSSR count). The molecule has 0 aliphatic rings. The summed E-state index contributed by atoms with van der Waals surface area (Å²) in [5, 5.41) is 0.952. The van der Waals surface area contributed by atoms with Gasteiger partial charge in [-0.3, -0.25) is 0 Å². The Kier molecular flexibility index (Phi) is 2.94. The number of hydrogen-bond acceptors (Lipinski definition) is 2. The normalized spacial score (nSPS) is 10.4. The fourth-order valence-electron chi connectivity index (χ4n) is 1.13. The molecule has 1 aromatic heterocycles. The number of rotatable bonds is 3. The van der Waals surface area contributed by atoms with Crippen LogP contribution < -0.4 is 5.73 Å². The number of nitrogens with two attached hydrogens (primary N) is 1. The highest BCUT2D eigenvalue weighted by atomic mass is 32.1. The predicted molar refractivity (Wildman–Crippen MR) is 52.1 cm³/mol. The number of anilines is 1. The summed E-state index contributed by atoms with van der Waals surface area (Å²) in [7, 11) is 0. The lowest BCUT2D eigenvalue weighted by atomic mass is 10.2. The van der Waals surface area contributed by atoms with E-state index in [9.17, 15) is 0 Å². The van der Waals surface area contributed by atoms with Gasteiger partial charge < -0.3 is 5.73 Å². The highest BCUT2D eigenvalue weighted by molar-refractivity contribution is 7.16. The van der Waals surface area contributed by atoms with Gasteiger partial charge in [0.05, 0.1) is 5.00 Å². The van der Waals surface area contributed by atoms with E-state index in [2.05, 4.69) is 19.9 Å². The molecule has 0 radical (unpaired) electrons. The topological polar surface area (TPSA) is 26.0 Å². The summed E-state index contributed by atoms with van der Waals surface area (Å²) in [6, 6.07) is 2.07. The molecule has 2 N–H and O–H groups in total. The molecule has 0 saturated carbocycles. The van der Waals surface area contributed by atoms with Crippen LogP contribution in [0.4, 0.5) is 5.00 Å². The molecule has 1 nitrogen and oxygen atoms in total. The molecule has 0 amide bonds. The second-order valence-electron chi connectivity index (χ2n) is 2.86. The van der Waals surface area contributed by atoms with Crippen LogP contribution in [0, 0.1) is 6.92 Å². The van der Waals surface area contributed by atoms with E-state index in [1.807, 2.05) is 0 Å². The van der Waals surface area contributed by atoms with Gasteiger partial charge in [-0.1, -0.05) is 13.3 Å². The summed E-state index contributed by atoms with van der Waals surface area (Å²) in [6.45, 7) is 4.35. The molecular formula is C9H15NS. The summed E-state index contributed by atoms with van der Waals surface area (Å²) in [5.41, 5.74) is 7.03. The van der Waals surface area contributed by atoms with E-state index >= 15 is 0 Å². The monoisotopic (exact) mass is 169 g/mol. The number of unbranched alkanes of at least 4 members (excludes halogenated alkanes) is 1. The van der Waals surface area contributed by atoms with Crippen molar-refractivity contribution < 1.29 is 0 Å². The minimum absolute atomic E-state index is 0.952. The Morgan fingerprint density at radius 1 is 1.55 bits per heavy atom. The van der Waals surface area contributed by atoms with Gasteiger partial charge in [0.2, 0.25) is 0 Å². The Morgan fingerprint density at radius 3 is 2.73 bits per heavy atom. The minimum Gasteiger partial charge on any atom is -0.391 e. The molecule has 0 spiro atoms. The molecule has 0 fully saturated rings. The molecule has 2 heteroatoms. The molecule has 0 bridgehead atoms. The van der Waals surface area contributed by atoms with Crippen molar-refractivity contribution in [3.63, 3.8) is 0 Å². The van der Waals surface area contributed by atoms with Crippen LogP contribution in [-0.4, -0.2) is 0 Å². The van der Waals surface area contributed by atoms with Gasteiger partial charge >= 0.3 is 0 Å². The lowest BCUT2D eigenvalue weighted by Crippen LogP contribution is -1.80. The van der Waals surface area contributed by atoms with Gasteiger partial charge in [0.1, 0.15) is 0 Å². The van der Waals surface area contributed by atoms with Crippen LogP contribution in [-0.2, 0) is 6.42 Å². The third kappa shape index (κ3) is 2.22. The Bertz CT molecular complexity index is 227. The van der Waals surface area contributed by atoms with Crippen molar-refractivity contribution in [2.45, 2.75) is 33.1 Å². The molecule has 1 aromatic rings. The lowest BCUT2D eigenvalue weighted by Gasteiger charge is -1.95. The first-order valence-electron chi connectivity index (χ1n) is 4.08. The molecule has 1 heterocycles. The standard InChI is InChI=1S/C9H15NS/c1-3-4-5-8-7(2)6-9(10)11-8/h6H,3-5,10H2,1-2H3. The van der Waals surface area contributed by atoms with Crippen LogP contribution in [0.15, 0.2) is 6.07 Å². The summed E-state index contributed by atoms with van der Waals surface area (Å²) in [4.78, 5) is 1.46. The SMILES string of the molecule is CCCCc1sc(N)cc1C. The van der Waals surface area contributed by atoms with Crippen LogP contribution in [0.5, 0.6) is 0 Å². The second kappa shape index (κ2) is 3.77. The number of thiophene rings is 1. The maximum Gasteiger partial charge on any atom is 0.0861 e. The van der Waals surface area contributed by atoms with Crippen LogP contribution in [0.1, 0.15) is 30.2 Å². The Labute approximate surface area is 72.2 Å². The Balaban J connectivity index is 2.62. The zero-order chi connectivity index (χ0) is 8.27. The summed E-state index contributed by atoms with van der Waals surface area (Å²) < 4.78 is 0. The van der Waals surface area contributed by atoms with E-state index in [1.165, 1.54) is 29.7 Å². The molecule has 0 aliphatic carbocycles. The number of hydrogen-bond donors (Lipinski definition) is 1. The summed E-state index contributed by atoms with van der Waals surface area (Å²) in [5.74, 6) is 0. The quantitative estimate of drug-likeness (QED) is 0.739. The van der Waals surface area contributed by atoms with E-state index in [0.29, 0.717) is 0 Å². The van der Waals surface area contributed by atoms with Crippen molar-refractivity contribution in [3.8, 4) is 0 Å². The largest absolute Gasteiger partial charge is 0.391 e. The van der Waals surface area contributed by atoms with Crippen LogP contribution in [0.3, 0.4) is 0 Å². The average Bonchev–Trinajstić information content (AvgIpc) is 2.26. The highest BCUT2D eigenvalue weighted by Crippen LogP contribution is 2.24. The van der Waals surface area contributed by atoms with Gasteiger partial charge in [0, 0.05) is 4.88 Å². The number of nitrogen functional groups attached to an aromatic ring is 1. The number of aryl methyl sites for hydroxylation is 2. The average molecular weight is 169 g/mol. The molecule has 0 aromatic carbocycles. The second-order valence-corrected chi connectivity index (χ2v) is 4.03. The molecule has 0 unspecified atom stereocenters. The molecule has 11 heavy (non-hydrogen) atoms. The van der Waals surface area contributed by atoms with Gasteiger partial charge in [-0.25, -0.2) is 0 Å². The maximum atomic E-state index is 5.67. The van der Waals surface area contributed by atoms with E-state index in [0.717, 1.165) is 5.00 Å². The maximum absolute atomic E-state index is 5.67. The van der Waals surface area contributed by atoms with Crippen molar-refractivity contribution in [1.29, 1.82) is 0 Å². The Hall–Kier alpha value is -0.500. The summed E-state index contributed by atoms with van der Waals surface area (Å²) >= 11 is 1.73. The van der Waals surface area contributed by atoms with Crippen molar-refractivity contribution in [3.05, 3.63) is 16.5 Å². The first-order chi connectivity index (χ1) is 5.24. The minimum atomic E-state index is 0.952. The van der Waals surface area contributed by atoms with Crippen LogP contribution >= 0.6 is 11.3 Å². The molecule has 0 saturated heterocycles. The van der Waals surface area contributed by atoms with Crippen molar-refractivity contribution in [2.24, 2.45) is 0 Å². The molecular weight excluding hydrogens is 154 g/mol. The third-order valence-corrected chi connectivity index (χ3v) is 2.92. The highest BCUT2D eigenvalue weighted by Gasteiger charge is 2.01. The van der Waals surface area contributed by atoms with Crippen molar-refractivity contribution in [2.75, 3.05) is 5.73 Å². The fourth-order valence-corrected chi connectivity index (χ4v) is 2.12. The summed E-state index contributed by atoms with van der Waals surface area (Å²) in [6.07, 6.45) is 3.74. The zero-order valence-corrected chi connectivity index (χ0v) is 8.00. The smallest absolute Gasteiger partial charge is 0.0861 e. The lowest BCUT2D eigenvalue weighted by molar-refractivity contribution is 0.801. The zero-order valence-electron chi connectivity index (χ0n) is 7.18. The van der Waals surface area contributed by atoms with E-state index < -0.39 is 0 Å². The fraction of sp³-hybridized carbons (Fsp3) is 0.556. The molecule has 0 atom stereocenters. The van der Waals surface area contributed by atoms with Gasteiger partial charge in [-0.2, -0.15) is 0 Å². The molecule has 62 valence electrons. The first kappa shape index (κ1) is 8.60. The van der Waals surface area contributed by atoms with Crippen molar-refractivity contribution >= 4 is 16.3 Å². The predicted octanol–water partition coefficient (Wildman–Crippen LogP) is 2.98. The van der Waals surface area contributed by atoms with Crippen LogP contribution in [0.2, 0.25) is 0 Å². The van der Waals surface area contributed by atoms with E-state index in [1.54, 1.807) is 11.3 Å². The van der Waals surface area contributed by atoms with Crippen LogP contribution in [0.25, 0.3) is 0 Å². The third-order valence-electron chi connectivity index (χ3n) is 1.80. The van der Waals surface area contributed by atoms with E-state index in [4.69, 9.17) is 5.73 Å². The Morgan fingerprint density at radius 2 is 2.27 bits per heavy atom. The van der Waals surface area contributed by atoms with Gasteiger partial charge in [0.15, 0.2) is 0 Å². The van der Waals surface area contributed by atoms with Crippen molar-refractivity contribution in [1.82, 2.24) is 0 Å². The first-order valence-corrected chi connectivity index (χ1v) is 4.90. The molecule has 0 aliphatic heterocycles.